The molecule has 0 fully saturated rings. The van der Waals surface area contributed by atoms with Crippen LogP contribution in [0.3, 0.4) is 0 Å². The van der Waals surface area contributed by atoms with Crippen molar-refractivity contribution in [1.82, 2.24) is 44.9 Å². The van der Waals surface area contributed by atoms with Crippen molar-refractivity contribution in [3.05, 3.63) is 286 Å². The number of nitrogens with zero attached hydrogens (tertiary/aromatic N) is 9. The Morgan fingerprint density at radius 3 is 0.989 bits per heavy atom. The van der Waals surface area contributed by atoms with E-state index >= 15 is 0 Å². The van der Waals surface area contributed by atoms with Crippen molar-refractivity contribution in [2.24, 2.45) is 0 Å². The number of hydrogen-bond donors (Lipinski definition) is 0. The molecule has 9 heteroatoms. The topological polar surface area (TPSA) is 116 Å². The van der Waals surface area contributed by atoms with E-state index in [-0.39, 0.29) is 0 Å². The lowest BCUT2D eigenvalue weighted by Crippen LogP contribution is -1.94. The minimum atomic E-state index is 0.796. The average molecular weight is 1120 g/mol. The molecule has 0 saturated carbocycles. The smallest absolute Gasteiger partial charge is 0.0978 e. The first-order chi connectivity index (χ1) is 43.6. The lowest BCUT2D eigenvalue weighted by Gasteiger charge is -2.13. The molecule has 18 rings (SSSR count). The van der Waals surface area contributed by atoms with Gasteiger partial charge in [-0.1, -0.05) is 206 Å². The molecule has 9 aromatic heterocycles. The Hall–Kier alpha value is -12.1. The highest BCUT2D eigenvalue weighted by Crippen LogP contribution is 2.40. The van der Waals surface area contributed by atoms with Crippen molar-refractivity contribution in [3.8, 4) is 67.4 Å². The summed E-state index contributed by atoms with van der Waals surface area (Å²) in [5.74, 6) is 0. The molecule has 9 heterocycles. The standard InChI is InChI=1S/C40H24N4.C39H23N5/c1-2-7-27(8-3-1)36-31-10-4-5-11-35(31)44-40-32(36)21-18-30-20-23-34(43-39(30)40)26-14-12-25(13-15-26)33-22-19-29-17-16-28-9-6-24-41-37(28)38(29)42-33;1-2-7-24(8-3-1)35-29-10-4-5-11-32(29)43-39-30(35)18-14-27-16-21-34(44-38(27)39)33-20-17-28(23-41-33)31-19-15-26-13-12-25-9-6-22-40-36(25)37(26)42-31/h1-24H;1-23H. The molecule has 9 nitrogen and oxygen atoms in total. The fourth-order valence-corrected chi connectivity index (χ4v) is 12.5. The zero-order valence-electron chi connectivity index (χ0n) is 47.2. The molecule has 0 unspecified atom stereocenters. The van der Waals surface area contributed by atoms with Crippen molar-refractivity contribution < 1.29 is 0 Å². The molecule has 18 aromatic rings. The Labute approximate surface area is 504 Å². The van der Waals surface area contributed by atoms with Crippen LogP contribution in [0.1, 0.15) is 0 Å². The largest absolute Gasteiger partial charge is 0.254 e. The van der Waals surface area contributed by atoms with Gasteiger partial charge in [-0.3, -0.25) is 15.0 Å². The monoisotopic (exact) mass is 1120 g/mol. The molecule has 0 atom stereocenters. The predicted molar refractivity (Wildman–Crippen MR) is 361 cm³/mol. The van der Waals surface area contributed by atoms with Crippen LogP contribution in [0.2, 0.25) is 0 Å². The van der Waals surface area contributed by atoms with Gasteiger partial charge in [0.15, 0.2) is 0 Å². The second-order valence-corrected chi connectivity index (χ2v) is 22.0. The van der Waals surface area contributed by atoms with E-state index in [1.54, 1.807) is 0 Å². The van der Waals surface area contributed by atoms with Crippen LogP contribution in [-0.4, -0.2) is 44.9 Å². The number of pyridine rings is 9. The Morgan fingerprint density at radius 1 is 0.182 bits per heavy atom. The fourth-order valence-electron chi connectivity index (χ4n) is 12.5. The Balaban J connectivity index is 0.000000137. The van der Waals surface area contributed by atoms with Crippen LogP contribution < -0.4 is 0 Å². The summed E-state index contributed by atoms with van der Waals surface area (Å²) in [6.07, 6.45) is 5.51. The van der Waals surface area contributed by atoms with E-state index < -0.39 is 0 Å². The van der Waals surface area contributed by atoms with Crippen LogP contribution in [0, 0.1) is 0 Å². The molecule has 0 N–H and O–H groups in total. The third-order valence-electron chi connectivity index (χ3n) is 16.8. The first kappa shape index (κ1) is 50.4. The van der Waals surface area contributed by atoms with Gasteiger partial charge in [-0.2, -0.15) is 0 Å². The molecule has 0 amide bonds. The van der Waals surface area contributed by atoms with Crippen LogP contribution >= 0.6 is 0 Å². The van der Waals surface area contributed by atoms with Gasteiger partial charge in [-0.05, 0) is 71.8 Å². The van der Waals surface area contributed by atoms with Crippen molar-refractivity contribution >= 4 is 109 Å². The van der Waals surface area contributed by atoms with Gasteiger partial charge in [0.25, 0.3) is 0 Å². The summed E-state index contributed by atoms with van der Waals surface area (Å²) in [5, 5.41) is 10.9. The molecule has 9 aromatic carbocycles. The fraction of sp³-hybridized carbons (Fsp3) is 0. The predicted octanol–water partition coefficient (Wildman–Crippen LogP) is 19.5. The van der Waals surface area contributed by atoms with Gasteiger partial charge >= 0.3 is 0 Å². The van der Waals surface area contributed by atoms with Gasteiger partial charge < -0.3 is 0 Å². The molecule has 0 aliphatic rings. The number of hydrogen-bond acceptors (Lipinski definition) is 9. The van der Waals surface area contributed by atoms with Crippen molar-refractivity contribution in [2.75, 3.05) is 0 Å². The Bertz CT molecular complexity index is 5440. The van der Waals surface area contributed by atoms with E-state index in [0.29, 0.717) is 0 Å². The van der Waals surface area contributed by atoms with Crippen LogP contribution in [0.25, 0.3) is 176 Å². The minimum Gasteiger partial charge on any atom is -0.254 e. The van der Waals surface area contributed by atoms with E-state index in [9.17, 15) is 0 Å². The third kappa shape index (κ3) is 8.75. The highest BCUT2D eigenvalue weighted by molar-refractivity contribution is 6.18. The van der Waals surface area contributed by atoms with E-state index in [2.05, 4.69) is 228 Å². The highest BCUT2D eigenvalue weighted by atomic mass is 14.8. The maximum atomic E-state index is 5.21. The Kier molecular flexibility index (Phi) is 12.0. The maximum Gasteiger partial charge on any atom is 0.0978 e. The minimum absolute atomic E-state index is 0.796. The van der Waals surface area contributed by atoms with Gasteiger partial charge in [0, 0.05) is 100 Å². The molecule has 0 spiro atoms. The summed E-state index contributed by atoms with van der Waals surface area (Å²) >= 11 is 0. The second kappa shape index (κ2) is 20.9. The average Bonchev–Trinajstić information content (AvgIpc) is 2.07. The second-order valence-electron chi connectivity index (χ2n) is 22.0. The summed E-state index contributed by atoms with van der Waals surface area (Å²) in [7, 11) is 0. The first-order valence-electron chi connectivity index (χ1n) is 29.3. The summed E-state index contributed by atoms with van der Waals surface area (Å²) in [5.41, 5.74) is 21.2. The molecule has 88 heavy (non-hydrogen) atoms. The molecule has 408 valence electrons. The van der Waals surface area contributed by atoms with Crippen LogP contribution in [0.15, 0.2) is 286 Å². The van der Waals surface area contributed by atoms with Crippen LogP contribution in [0.5, 0.6) is 0 Å². The molecule has 0 aliphatic carbocycles. The molecular weight excluding hydrogens is 1070 g/mol. The molecular formula is C79H47N9. The van der Waals surface area contributed by atoms with Gasteiger partial charge in [-0.15, -0.1) is 0 Å². The van der Waals surface area contributed by atoms with Gasteiger partial charge in [0.2, 0.25) is 0 Å². The number of fused-ring (bicyclic) bond motifs is 14. The zero-order chi connectivity index (χ0) is 58.1. The molecule has 0 saturated heterocycles. The van der Waals surface area contributed by atoms with Gasteiger partial charge in [-0.25, -0.2) is 29.9 Å². The van der Waals surface area contributed by atoms with Crippen LogP contribution in [-0.2, 0) is 0 Å². The number of rotatable bonds is 6. The summed E-state index contributed by atoms with van der Waals surface area (Å²) in [4.78, 5) is 44.7. The SMILES string of the molecule is c1ccc(-c2c3ccccc3nc3c2ccc2ccc(-c4ccc(-c5ccc6ccc7cccnc7c6n5)cc4)nc23)cc1.c1ccc(-c2c3ccccc3nc3c2ccc2ccc(-c4ccc(-c5ccc6ccc7cccnc7c6n5)cn4)nc23)cc1. The lowest BCUT2D eigenvalue weighted by atomic mass is 9.95. The normalized spacial score (nSPS) is 11.6. The van der Waals surface area contributed by atoms with Gasteiger partial charge in [0.1, 0.15) is 0 Å². The van der Waals surface area contributed by atoms with Crippen molar-refractivity contribution in [2.45, 2.75) is 0 Å². The quantitative estimate of drug-likeness (QED) is 0.119. The number of benzene rings is 9. The van der Waals surface area contributed by atoms with Gasteiger partial charge in [0.05, 0.1) is 83.6 Å². The van der Waals surface area contributed by atoms with Crippen molar-refractivity contribution in [3.63, 3.8) is 0 Å². The number of aromatic nitrogens is 9. The molecule has 0 radical (unpaired) electrons. The van der Waals surface area contributed by atoms with Crippen LogP contribution in [0.4, 0.5) is 0 Å². The summed E-state index contributed by atoms with van der Waals surface area (Å²) in [6.45, 7) is 0. The highest BCUT2D eigenvalue weighted by Gasteiger charge is 2.18. The first-order valence-corrected chi connectivity index (χ1v) is 29.3. The van der Waals surface area contributed by atoms with E-state index in [1.807, 2.05) is 67.1 Å². The van der Waals surface area contributed by atoms with E-state index in [0.717, 1.165) is 160 Å². The van der Waals surface area contributed by atoms with E-state index in [1.165, 1.54) is 16.7 Å². The lowest BCUT2D eigenvalue weighted by molar-refractivity contribution is 1.26. The third-order valence-corrected chi connectivity index (χ3v) is 16.8. The summed E-state index contributed by atoms with van der Waals surface area (Å²) < 4.78 is 0. The zero-order valence-corrected chi connectivity index (χ0v) is 47.2. The maximum absolute atomic E-state index is 5.21. The molecule has 0 aliphatic heterocycles. The van der Waals surface area contributed by atoms with Crippen molar-refractivity contribution in [1.29, 1.82) is 0 Å². The molecule has 0 bridgehead atoms. The van der Waals surface area contributed by atoms with E-state index in [4.69, 9.17) is 34.9 Å². The number of para-hydroxylation sites is 2. The Morgan fingerprint density at radius 2 is 0.534 bits per heavy atom. The summed E-state index contributed by atoms with van der Waals surface area (Å²) in [6, 6.07) is 92.1.